The minimum Gasteiger partial charge on any atom is -0.339 e. The molecule has 1 aromatic heterocycles. The lowest BCUT2D eigenvalue weighted by molar-refractivity contribution is -0.125. The van der Waals surface area contributed by atoms with Crippen LogP contribution in [0.5, 0.6) is 0 Å². The third-order valence-corrected chi connectivity index (χ3v) is 6.47. The van der Waals surface area contributed by atoms with E-state index in [4.69, 9.17) is 0 Å². The lowest BCUT2D eigenvalue weighted by Crippen LogP contribution is -2.56. The number of nitrogens with zero attached hydrogens (tertiary/aromatic N) is 3. The molecule has 2 aromatic carbocycles. The molecule has 2 aliphatic rings. The minimum absolute atomic E-state index is 0.0701. The number of rotatable bonds is 4. The lowest BCUT2D eigenvalue weighted by atomic mass is 9.85. The van der Waals surface area contributed by atoms with Crippen molar-refractivity contribution in [2.45, 2.75) is 24.9 Å². The Kier molecular flexibility index (Phi) is 5.16. The third-order valence-electron chi connectivity index (χ3n) is 6.47. The van der Waals surface area contributed by atoms with Gasteiger partial charge in [-0.05, 0) is 60.4 Å². The van der Waals surface area contributed by atoms with Gasteiger partial charge >= 0.3 is 0 Å². The molecule has 5 rings (SSSR count). The smallest absolute Gasteiger partial charge is 0.247 e. The standard InChI is InChI=1S/C25H25FN4O/c26-21-6-8-23(9-7-21)30-18-28-24(31)25(30)11-14-29(15-12-25)17-22-16-20(10-13-27-22)19-4-2-1-3-5-19/h1-10,13,16H,11-12,14-15,17-18H2,(H,28,31). The van der Waals surface area contributed by atoms with Gasteiger partial charge in [0, 0.05) is 31.5 Å². The van der Waals surface area contributed by atoms with Gasteiger partial charge < -0.3 is 10.2 Å². The van der Waals surface area contributed by atoms with Crippen molar-refractivity contribution in [3.05, 3.63) is 84.4 Å². The Morgan fingerprint density at radius 1 is 0.968 bits per heavy atom. The van der Waals surface area contributed by atoms with Crippen LogP contribution in [-0.2, 0) is 11.3 Å². The number of aromatic nitrogens is 1. The zero-order valence-electron chi connectivity index (χ0n) is 17.3. The summed E-state index contributed by atoms with van der Waals surface area (Å²) in [6.07, 6.45) is 3.33. The van der Waals surface area contributed by atoms with E-state index in [-0.39, 0.29) is 11.7 Å². The molecule has 0 radical (unpaired) electrons. The van der Waals surface area contributed by atoms with Gasteiger partial charge in [0.25, 0.3) is 0 Å². The van der Waals surface area contributed by atoms with E-state index in [2.05, 4.69) is 38.3 Å². The second-order valence-electron chi connectivity index (χ2n) is 8.28. The molecule has 1 amide bonds. The first kappa shape index (κ1) is 19.7. The highest BCUT2D eigenvalue weighted by atomic mass is 19.1. The maximum Gasteiger partial charge on any atom is 0.247 e. The molecule has 5 nitrogen and oxygen atoms in total. The maximum atomic E-state index is 13.4. The fraction of sp³-hybridized carbons (Fsp3) is 0.280. The van der Waals surface area contributed by atoms with Gasteiger partial charge in [-0.25, -0.2) is 4.39 Å². The van der Waals surface area contributed by atoms with Crippen LogP contribution in [0.3, 0.4) is 0 Å². The molecule has 1 N–H and O–H groups in total. The Hall–Kier alpha value is -3.25. The first-order valence-corrected chi connectivity index (χ1v) is 10.7. The molecular formula is C25H25FN4O. The van der Waals surface area contributed by atoms with Crippen LogP contribution in [-0.4, -0.2) is 41.1 Å². The average Bonchev–Trinajstić information content (AvgIpc) is 3.12. The Bertz CT molecular complexity index is 1060. The number of carbonyl (C=O) groups excluding carboxylic acids is 1. The molecule has 2 aliphatic heterocycles. The molecule has 3 aromatic rings. The second-order valence-corrected chi connectivity index (χ2v) is 8.28. The highest BCUT2D eigenvalue weighted by Crippen LogP contribution is 2.36. The van der Waals surface area contributed by atoms with Crippen molar-refractivity contribution in [3.63, 3.8) is 0 Å². The van der Waals surface area contributed by atoms with Crippen LogP contribution in [0.1, 0.15) is 18.5 Å². The van der Waals surface area contributed by atoms with Gasteiger partial charge in [-0.15, -0.1) is 0 Å². The van der Waals surface area contributed by atoms with E-state index in [1.54, 1.807) is 12.1 Å². The number of anilines is 1. The van der Waals surface area contributed by atoms with Crippen molar-refractivity contribution in [3.8, 4) is 11.1 Å². The molecule has 31 heavy (non-hydrogen) atoms. The molecule has 0 saturated carbocycles. The molecule has 0 unspecified atom stereocenters. The number of benzene rings is 2. The second kappa shape index (κ2) is 8.12. The molecule has 3 heterocycles. The van der Waals surface area contributed by atoms with Gasteiger partial charge in [0.1, 0.15) is 11.4 Å². The summed E-state index contributed by atoms with van der Waals surface area (Å²) in [6, 6.07) is 20.9. The normalized spacial score (nSPS) is 18.4. The van der Waals surface area contributed by atoms with E-state index in [1.165, 1.54) is 17.7 Å². The average molecular weight is 417 g/mol. The fourth-order valence-corrected chi connectivity index (χ4v) is 4.73. The SMILES string of the molecule is O=C1NCN(c2ccc(F)cc2)C12CCN(Cc1cc(-c3ccccc3)ccn1)CC2. The van der Waals surface area contributed by atoms with Crippen LogP contribution in [0.2, 0.25) is 0 Å². The van der Waals surface area contributed by atoms with Gasteiger partial charge in [0.15, 0.2) is 0 Å². The van der Waals surface area contributed by atoms with Gasteiger partial charge in [-0.3, -0.25) is 14.7 Å². The third kappa shape index (κ3) is 3.79. The number of nitrogens with one attached hydrogen (secondary N) is 1. The van der Waals surface area contributed by atoms with Crippen molar-refractivity contribution in [2.24, 2.45) is 0 Å². The maximum absolute atomic E-state index is 13.4. The Balaban J connectivity index is 1.29. The number of amides is 1. The van der Waals surface area contributed by atoms with Crippen molar-refractivity contribution < 1.29 is 9.18 Å². The van der Waals surface area contributed by atoms with Crippen LogP contribution in [0, 0.1) is 5.82 Å². The molecule has 0 bridgehead atoms. The van der Waals surface area contributed by atoms with Crippen molar-refractivity contribution >= 4 is 11.6 Å². The van der Waals surface area contributed by atoms with Crippen LogP contribution in [0.15, 0.2) is 72.9 Å². The number of carbonyl (C=O) groups is 1. The number of hydrogen-bond acceptors (Lipinski definition) is 4. The summed E-state index contributed by atoms with van der Waals surface area (Å²) >= 11 is 0. The zero-order chi connectivity index (χ0) is 21.3. The summed E-state index contributed by atoms with van der Waals surface area (Å²) in [5.41, 5.74) is 3.69. The zero-order valence-corrected chi connectivity index (χ0v) is 17.3. The van der Waals surface area contributed by atoms with Gasteiger partial charge in [-0.1, -0.05) is 30.3 Å². The highest BCUT2D eigenvalue weighted by Gasteiger charge is 2.50. The van der Waals surface area contributed by atoms with Gasteiger partial charge in [0.05, 0.1) is 12.4 Å². The van der Waals surface area contributed by atoms with E-state index in [1.807, 2.05) is 30.5 Å². The molecule has 2 saturated heterocycles. The minimum atomic E-state index is -0.562. The van der Waals surface area contributed by atoms with Crippen molar-refractivity contribution in [2.75, 3.05) is 24.7 Å². The van der Waals surface area contributed by atoms with Gasteiger partial charge in [-0.2, -0.15) is 0 Å². The summed E-state index contributed by atoms with van der Waals surface area (Å²) < 4.78 is 13.4. The van der Waals surface area contributed by atoms with Crippen LogP contribution in [0.4, 0.5) is 10.1 Å². The summed E-state index contributed by atoms with van der Waals surface area (Å²) in [5.74, 6) is -0.197. The Labute approximate surface area is 181 Å². The lowest BCUT2D eigenvalue weighted by Gasteiger charge is -2.43. The first-order chi connectivity index (χ1) is 15.1. The number of pyridine rings is 1. The van der Waals surface area contributed by atoms with Crippen LogP contribution >= 0.6 is 0 Å². The number of likely N-dealkylation sites (tertiary alicyclic amines) is 1. The number of hydrogen-bond donors (Lipinski definition) is 1. The number of piperidine rings is 1. The quantitative estimate of drug-likeness (QED) is 0.703. The number of halogens is 1. The van der Waals surface area contributed by atoms with Crippen molar-refractivity contribution in [1.29, 1.82) is 0 Å². The predicted molar refractivity (Wildman–Crippen MR) is 119 cm³/mol. The summed E-state index contributed by atoms with van der Waals surface area (Å²) in [5, 5.41) is 3.00. The van der Waals surface area contributed by atoms with E-state index in [0.29, 0.717) is 6.67 Å². The van der Waals surface area contributed by atoms with E-state index < -0.39 is 5.54 Å². The summed E-state index contributed by atoms with van der Waals surface area (Å²) in [4.78, 5) is 21.8. The monoisotopic (exact) mass is 416 g/mol. The Morgan fingerprint density at radius 3 is 2.45 bits per heavy atom. The topological polar surface area (TPSA) is 48.5 Å². The first-order valence-electron chi connectivity index (χ1n) is 10.7. The highest BCUT2D eigenvalue weighted by molar-refractivity contribution is 5.93. The Morgan fingerprint density at radius 2 is 1.71 bits per heavy atom. The molecular weight excluding hydrogens is 391 g/mol. The van der Waals surface area contributed by atoms with E-state index in [9.17, 15) is 9.18 Å². The summed E-state index contributed by atoms with van der Waals surface area (Å²) in [6.45, 7) is 2.84. The van der Waals surface area contributed by atoms with Crippen LogP contribution < -0.4 is 10.2 Å². The summed E-state index contributed by atoms with van der Waals surface area (Å²) in [7, 11) is 0. The molecule has 2 fully saturated rings. The predicted octanol–water partition coefficient (Wildman–Crippen LogP) is 3.82. The van der Waals surface area contributed by atoms with Crippen molar-refractivity contribution in [1.82, 2.24) is 15.2 Å². The molecule has 1 spiro atoms. The van der Waals surface area contributed by atoms with E-state index >= 15 is 0 Å². The molecule has 6 heteroatoms. The molecule has 0 atom stereocenters. The largest absolute Gasteiger partial charge is 0.339 e. The molecule has 158 valence electrons. The fourth-order valence-electron chi connectivity index (χ4n) is 4.73. The van der Waals surface area contributed by atoms with Gasteiger partial charge in [0.2, 0.25) is 5.91 Å². The molecule has 0 aliphatic carbocycles. The van der Waals surface area contributed by atoms with E-state index in [0.717, 1.165) is 49.4 Å². The van der Waals surface area contributed by atoms with Crippen LogP contribution in [0.25, 0.3) is 11.1 Å².